The van der Waals surface area contributed by atoms with Gasteiger partial charge < -0.3 is 15.0 Å². The highest BCUT2D eigenvalue weighted by Gasteiger charge is 2.32. The van der Waals surface area contributed by atoms with E-state index in [9.17, 15) is 22.8 Å². The molecule has 0 spiro atoms. The zero-order valence-corrected chi connectivity index (χ0v) is 12.2. The summed E-state index contributed by atoms with van der Waals surface area (Å²) in [5.74, 6) is -1.30. The van der Waals surface area contributed by atoms with Gasteiger partial charge in [0, 0.05) is 11.6 Å². The van der Waals surface area contributed by atoms with Gasteiger partial charge in [0.15, 0.2) is 4.77 Å². The summed E-state index contributed by atoms with van der Waals surface area (Å²) in [6.07, 6.45) is -4.91. The molecule has 122 valence electrons. The molecule has 1 aromatic carbocycles. The van der Waals surface area contributed by atoms with Crippen LogP contribution in [-0.2, 0) is 11.3 Å². The number of benzene rings is 1. The van der Waals surface area contributed by atoms with Crippen LogP contribution in [0.15, 0.2) is 35.1 Å². The number of rotatable bonds is 4. The van der Waals surface area contributed by atoms with E-state index in [0.29, 0.717) is 0 Å². The highest BCUT2D eigenvalue weighted by molar-refractivity contribution is 7.71. The summed E-state index contributed by atoms with van der Waals surface area (Å²) < 4.78 is 42.5. The molecule has 1 aromatic heterocycles. The molecule has 0 aliphatic carbocycles. The van der Waals surface area contributed by atoms with Crippen molar-refractivity contribution in [2.75, 3.05) is 0 Å². The van der Waals surface area contributed by atoms with E-state index in [1.165, 1.54) is 18.2 Å². The second-order valence-electron chi connectivity index (χ2n) is 4.42. The second kappa shape index (κ2) is 6.24. The van der Waals surface area contributed by atoms with Crippen molar-refractivity contribution < 1.29 is 22.7 Å². The van der Waals surface area contributed by atoms with Gasteiger partial charge >= 0.3 is 6.36 Å². The quantitative estimate of drug-likeness (QED) is 0.829. The topological polar surface area (TPSA) is 90.1 Å². The molecule has 0 aliphatic heterocycles. The number of hydrogen-bond acceptors (Lipinski definition) is 4. The van der Waals surface area contributed by atoms with Gasteiger partial charge in [-0.05, 0) is 24.4 Å². The molecule has 2 rings (SSSR count). The maximum Gasteiger partial charge on any atom is 0.573 e. The Morgan fingerprint density at radius 2 is 2.00 bits per heavy atom. The lowest BCUT2D eigenvalue weighted by atomic mass is 10.1. The number of nitrogens with two attached hydrogens (primary N) is 1. The van der Waals surface area contributed by atoms with Gasteiger partial charge in [0.2, 0.25) is 5.91 Å². The van der Waals surface area contributed by atoms with Crippen LogP contribution in [0.3, 0.4) is 0 Å². The number of nitrogens with zero attached hydrogens (tertiary/aromatic N) is 1. The number of primary amides is 1. The SMILES string of the molecule is NC(=O)Cn1c(-c2ccccc2OC(F)(F)F)cc(=O)[nH]c1=S. The standard InChI is InChI=1S/C13H10F3N3O3S/c14-13(15,16)22-9-4-2-1-3-7(9)8-5-11(21)18-12(23)19(8)6-10(17)20/h1-5H,6H2,(H2,17,20)(H,18,21,23). The number of nitrogens with one attached hydrogen (secondary N) is 1. The zero-order chi connectivity index (χ0) is 17.2. The minimum absolute atomic E-state index is 0.0163. The fourth-order valence-electron chi connectivity index (χ4n) is 1.95. The lowest BCUT2D eigenvalue weighted by Gasteiger charge is -2.16. The average Bonchev–Trinajstić information content (AvgIpc) is 2.40. The van der Waals surface area contributed by atoms with E-state index in [2.05, 4.69) is 9.72 Å². The van der Waals surface area contributed by atoms with Gasteiger partial charge in [-0.1, -0.05) is 12.1 Å². The van der Waals surface area contributed by atoms with Crippen molar-refractivity contribution in [3.8, 4) is 17.0 Å². The smallest absolute Gasteiger partial charge is 0.405 e. The Morgan fingerprint density at radius 3 is 2.61 bits per heavy atom. The van der Waals surface area contributed by atoms with Gasteiger partial charge in [0.05, 0.1) is 5.69 Å². The summed E-state index contributed by atoms with van der Waals surface area (Å²) in [5.41, 5.74) is 4.41. The number of halogens is 3. The number of aromatic amines is 1. The number of alkyl halides is 3. The van der Waals surface area contributed by atoms with Gasteiger partial charge in [-0.3, -0.25) is 14.6 Å². The molecule has 0 fully saturated rings. The third-order valence-electron chi connectivity index (χ3n) is 2.74. The molecule has 0 aliphatic rings. The van der Waals surface area contributed by atoms with Crippen LogP contribution in [0.5, 0.6) is 5.75 Å². The van der Waals surface area contributed by atoms with Crippen LogP contribution in [0.25, 0.3) is 11.3 Å². The lowest BCUT2D eigenvalue weighted by Crippen LogP contribution is -2.24. The van der Waals surface area contributed by atoms with E-state index in [1.54, 1.807) is 0 Å². The molecule has 0 radical (unpaired) electrons. The van der Waals surface area contributed by atoms with E-state index in [0.717, 1.165) is 16.7 Å². The van der Waals surface area contributed by atoms with Gasteiger partial charge in [-0.25, -0.2) is 0 Å². The molecule has 10 heteroatoms. The number of aromatic nitrogens is 2. The van der Waals surface area contributed by atoms with Crippen LogP contribution >= 0.6 is 12.2 Å². The Balaban J connectivity index is 2.69. The fourth-order valence-corrected chi connectivity index (χ4v) is 2.21. The molecule has 0 unspecified atom stereocenters. The Labute approximate surface area is 132 Å². The van der Waals surface area contributed by atoms with Crippen molar-refractivity contribution in [3.05, 3.63) is 45.5 Å². The van der Waals surface area contributed by atoms with Crippen molar-refractivity contribution in [2.45, 2.75) is 12.9 Å². The number of ether oxygens (including phenoxy) is 1. The fraction of sp³-hybridized carbons (Fsp3) is 0.154. The monoisotopic (exact) mass is 345 g/mol. The van der Waals surface area contributed by atoms with E-state index >= 15 is 0 Å². The molecule has 6 nitrogen and oxygen atoms in total. The third-order valence-corrected chi connectivity index (χ3v) is 3.06. The molecular formula is C13H10F3N3O3S. The summed E-state index contributed by atoms with van der Waals surface area (Å²) in [6.45, 7) is -0.411. The molecule has 0 atom stereocenters. The van der Waals surface area contributed by atoms with Crippen LogP contribution in [0, 0.1) is 4.77 Å². The van der Waals surface area contributed by atoms with Crippen molar-refractivity contribution >= 4 is 18.1 Å². The van der Waals surface area contributed by atoms with Gasteiger partial charge in [0.1, 0.15) is 12.3 Å². The van der Waals surface area contributed by atoms with Gasteiger partial charge in [-0.2, -0.15) is 0 Å². The lowest BCUT2D eigenvalue weighted by molar-refractivity contribution is -0.274. The Morgan fingerprint density at radius 1 is 1.35 bits per heavy atom. The van der Waals surface area contributed by atoms with E-state index in [4.69, 9.17) is 18.0 Å². The number of amides is 1. The van der Waals surface area contributed by atoms with Crippen molar-refractivity contribution in [2.24, 2.45) is 5.73 Å². The molecule has 3 N–H and O–H groups in total. The summed E-state index contributed by atoms with van der Waals surface area (Å²) in [7, 11) is 0. The minimum Gasteiger partial charge on any atom is -0.405 e. The molecule has 1 heterocycles. The third kappa shape index (κ3) is 4.19. The number of carbonyl (C=O) groups is 1. The van der Waals surface area contributed by atoms with E-state index in [-0.39, 0.29) is 16.0 Å². The predicted molar refractivity (Wildman–Crippen MR) is 77.2 cm³/mol. The summed E-state index contributed by atoms with van der Waals surface area (Å²) in [4.78, 5) is 25.0. The highest BCUT2D eigenvalue weighted by atomic mass is 32.1. The first-order valence-electron chi connectivity index (χ1n) is 6.15. The first-order chi connectivity index (χ1) is 10.7. The molecule has 0 saturated carbocycles. The molecule has 1 amide bonds. The zero-order valence-electron chi connectivity index (χ0n) is 11.4. The van der Waals surface area contributed by atoms with Crippen LogP contribution in [0.1, 0.15) is 0 Å². The maximum atomic E-state index is 12.5. The van der Waals surface area contributed by atoms with Crippen molar-refractivity contribution in [3.63, 3.8) is 0 Å². The van der Waals surface area contributed by atoms with Crippen LogP contribution in [-0.4, -0.2) is 21.8 Å². The Kier molecular flexibility index (Phi) is 4.55. The summed E-state index contributed by atoms with van der Waals surface area (Å²) >= 11 is 4.93. The van der Waals surface area contributed by atoms with Gasteiger partial charge in [0.25, 0.3) is 5.56 Å². The molecule has 23 heavy (non-hydrogen) atoms. The second-order valence-corrected chi connectivity index (χ2v) is 4.81. The van der Waals surface area contributed by atoms with Crippen molar-refractivity contribution in [1.29, 1.82) is 0 Å². The predicted octanol–water partition coefficient (Wildman–Crippen LogP) is 1.96. The molecule has 0 bridgehead atoms. The number of carbonyl (C=O) groups excluding carboxylic acids is 1. The first kappa shape index (κ1) is 16.7. The molecule has 2 aromatic rings. The van der Waals surface area contributed by atoms with E-state index < -0.39 is 30.1 Å². The van der Waals surface area contributed by atoms with Crippen LogP contribution in [0.2, 0.25) is 0 Å². The Hall–Kier alpha value is -2.62. The highest BCUT2D eigenvalue weighted by Crippen LogP contribution is 2.33. The maximum absolute atomic E-state index is 12.5. The molecule has 0 saturated heterocycles. The largest absolute Gasteiger partial charge is 0.573 e. The molecular weight excluding hydrogens is 335 g/mol. The minimum atomic E-state index is -4.91. The Bertz CT molecular complexity index is 858. The summed E-state index contributed by atoms with van der Waals surface area (Å²) in [5, 5.41) is 0. The normalized spacial score (nSPS) is 11.3. The van der Waals surface area contributed by atoms with Crippen LogP contribution < -0.4 is 16.0 Å². The summed E-state index contributed by atoms with van der Waals surface area (Å²) in [6, 6.07) is 6.20. The van der Waals surface area contributed by atoms with Crippen molar-refractivity contribution in [1.82, 2.24) is 9.55 Å². The van der Waals surface area contributed by atoms with E-state index in [1.807, 2.05) is 0 Å². The number of H-pyrrole nitrogens is 1. The van der Waals surface area contributed by atoms with Gasteiger partial charge in [-0.15, -0.1) is 13.2 Å². The number of hydrogen-bond donors (Lipinski definition) is 2. The number of para-hydroxylation sites is 1. The first-order valence-corrected chi connectivity index (χ1v) is 6.56. The average molecular weight is 345 g/mol. The van der Waals surface area contributed by atoms with Crippen LogP contribution in [0.4, 0.5) is 13.2 Å².